The minimum atomic E-state index is 0.866. The molecule has 0 aliphatic rings. The predicted octanol–water partition coefficient (Wildman–Crippen LogP) is 4.74. The third-order valence-corrected chi connectivity index (χ3v) is 1.78. The van der Waals surface area contributed by atoms with E-state index < -0.39 is 0 Å². The first-order chi connectivity index (χ1) is 5.18. The van der Waals surface area contributed by atoms with E-state index in [4.69, 9.17) is 0 Å². The standard InChI is InChI=1S/C7H16.2C2H6/c1-5-7(4)6(2)3;2*1-2/h6-7H,5H2,1-4H3;2*1-2H3/t7-;;/m0../s1. The molecule has 0 heteroatoms. The van der Waals surface area contributed by atoms with Crippen molar-refractivity contribution in [3.63, 3.8) is 0 Å². The highest BCUT2D eigenvalue weighted by atomic mass is 14.1. The first-order valence-corrected chi connectivity index (χ1v) is 5.18. The van der Waals surface area contributed by atoms with Gasteiger partial charge in [0.15, 0.2) is 0 Å². The van der Waals surface area contributed by atoms with Crippen molar-refractivity contribution in [2.45, 2.75) is 61.8 Å². The van der Waals surface area contributed by atoms with E-state index in [9.17, 15) is 0 Å². The lowest BCUT2D eigenvalue weighted by Gasteiger charge is -2.10. The molecule has 0 aliphatic heterocycles. The minimum absolute atomic E-state index is 0.866. The summed E-state index contributed by atoms with van der Waals surface area (Å²) in [5.74, 6) is 1.77. The van der Waals surface area contributed by atoms with Crippen LogP contribution in [0.3, 0.4) is 0 Å². The van der Waals surface area contributed by atoms with Crippen molar-refractivity contribution in [1.82, 2.24) is 0 Å². The quantitative estimate of drug-likeness (QED) is 0.547. The van der Waals surface area contributed by atoms with Crippen molar-refractivity contribution in [2.24, 2.45) is 11.8 Å². The summed E-state index contributed by atoms with van der Waals surface area (Å²) in [6.45, 7) is 17.1. The van der Waals surface area contributed by atoms with Crippen LogP contribution in [-0.2, 0) is 0 Å². The maximum Gasteiger partial charge on any atom is -0.0422 e. The summed E-state index contributed by atoms with van der Waals surface area (Å²) in [5, 5.41) is 0. The first kappa shape index (κ1) is 17.2. The molecule has 0 aliphatic carbocycles. The normalized spacial score (nSPS) is 10.6. The van der Waals surface area contributed by atoms with Gasteiger partial charge in [-0.15, -0.1) is 0 Å². The molecule has 0 heterocycles. The van der Waals surface area contributed by atoms with Gasteiger partial charge in [-0.05, 0) is 11.8 Å². The fourth-order valence-corrected chi connectivity index (χ4v) is 0.471. The summed E-state index contributed by atoms with van der Waals surface area (Å²) in [4.78, 5) is 0. The maximum atomic E-state index is 2.30. The van der Waals surface area contributed by atoms with Gasteiger partial charge in [0.05, 0.1) is 0 Å². The van der Waals surface area contributed by atoms with E-state index in [1.165, 1.54) is 6.42 Å². The van der Waals surface area contributed by atoms with E-state index in [0.29, 0.717) is 0 Å². The highest BCUT2D eigenvalue weighted by Gasteiger charge is 2.01. The Balaban J connectivity index is -0.000000138. The van der Waals surface area contributed by atoms with Crippen molar-refractivity contribution in [2.75, 3.05) is 0 Å². The molecule has 0 bridgehead atoms. The summed E-state index contributed by atoms with van der Waals surface area (Å²) in [6, 6.07) is 0. The second-order valence-corrected chi connectivity index (χ2v) is 2.63. The number of rotatable bonds is 2. The van der Waals surface area contributed by atoms with Crippen LogP contribution >= 0.6 is 0 Å². The van der Waals surface area contributed by atoms with E-state index in [1.807, 2.05) is 27.7 Å². The molecule has 1 atom stereocenters. The van der Waals surface area contributed by atoms with Crippen LogP contribution in [0, 0.1) is 11.8 Å². The summed E-state index contributed by atoms with van der Waals surface area (Å²) in [7, 11) is 0. The van der Waals surface area contributed by atoms with Crippen LogP contribution < -0.4 is 0 Å². The molecular weight excluding hydrogens is 132 g/mol. The molecule has 0 saturated carbocycles. The van der Waals surface area contributed by atoms with Crippen LogP contribution in [0.4, 0.5) is 0 Å². The molecule has 0 radical (unpaired) electrons. The summed E-state index contributed by atoms with van der Waals surface area (Å²) in [6.07, 6.45) is 1.32. The fraction of sp³-hybridized carbons (Fsp3) is 1.00. The SMILES string of the molecule is CC.CC.CC[C@H](C)C(C)C. The largest absolute Gasteiger partial charge is 0.0683 e. The zero-order chi connectivity index (χ0) is 9.86. The topological polar surface area (TPSA) is 0 Å². The molecule has 0 nitrogen and oxygen atoms in total. The van der Waals surface area contributed by atoms with Crippen molar-refractivity contribution in [3.8, 4) is 0 Å². The fourth-order valence-electron chi connectivity index (χ4n) is 0.471. The molecule has 0 amide bonds. The van der Waals surface area contributed by atoms with Crippen molar-refractivity contribution in [1.29, 1.82) is 0 Å². The van der Waals surface area contributed by atoms with Crippen LogP contribution in [-0.4, -0.2) is 0 Å². The Morgan fingerprint density at radius 1 is 0.818 bits per heavy atom. The zero-order valence-corrected chi connectivity index (χ0v) is 9.86. The molecule has 0 unspecified atom stereocenters. The van der Waals surface area contributed by atoms with Crippen molar-refractivity contribution < 1.29 is 0 Å². The Bertz CT molecular complexity index is 37.3. The Morgan fingerprint density at radius 3 is 1.09 bits per heavy atom. The van der Waals surface area contributed by atoms with Crippen LogP contribution in [0.25, 0.3) is 0 Å². The highest BCUT2D eigenvalue weighted by Crippen LogP contribution is 2.11. The second kappa shape index (κ2) is 16.5. The van der Waals surface area contributed by atoms with Crippen molar-refractivity contribution >= 4 is 0 Å². The van der Waals surface area contributed by atoms with E-state index >= 15 is 0 Å². The average molecular weight is 160 g/mol. The average Bonchev–Trinajstić information content (AvgIpc) is 2.10. The Kier molecular flexibility index (Phi) is 25.8. The third-order valence-electron chi connectivity index (χ3n) is 1.78. The van der Waals surface area contributed by atoms with Crippen molar-refractivity contribution in [3.05, 3.63) is 0 Å². The Labute approximate surface area is 74.4 Å². The molecule has 0 rings (SSSR count). The van der Waals surface area contributed by atoms with E-state index in [0.717, 1.165) is 11.8 Å². The minimum Gasteiger partial charge on any atom is -0.0683 e. The van der Waals surface area contributed by atoms with Gasteiger partial charge in [-0.2, -0.15) is 0 Å². The van der Waals surface area contributed by atoms with E-state index in [1.54, 1.807) is 0 Å². The van der Waals surface area contributed by atoms with E-state index in [-0.39, 0.29) is 0 Å². The molecule has 11 heavy (non-hydrogen) atoms. The van der Waals surface area contributed by atoms with Gasteiger partial charge in [0.1, 0.15) is 0 Å². The van der Waals surface area contributed by atoms with Gasteiger partial charge in [-0.25, -0.2) is 0 Å². The second-order valence-electron chi connectivity index (χ2n) is 2.63. The first-order valence-electron chi connectivity index (χ1n) is 5.18. The molecule has 0 aromatic heterocycles. The van der Waals surface area contributed by atoms with E-state index in [2.05, 4.69) is 27.7 Å². The van der Waals surface area contributed by atoms with Crippen LogP contribution in [0.5, 0.6) is 0 Å². The number of hydrogen-bond acceptors (Lipinski definition) is 0. The Morgan fingerprint density at radius 2 is 1.09 bits per heavy atom. The molecule has 0 fully saturated rings. The summed E-state index contributed by atoms with van der Waals surface area (Å²) in [5.41, 5.74) is 0. The van der Waals surface area contributed by atoms with Gasteiger partial charge < -0.3 is 0 Å². The molecule has 72 valence electrons. The highest BCUT2D eigenvalue weighted by molar-refractivity contribution is 4.52. The van der Waals surface area contributed by atoms with Crippen LogP contribution in [0.2, 0.25) is 0 Å². The molecule has 0 aromatic carbocycles. The number of hydrogen-bond donors (Lipinski definition) is 0. The van der Waals surface area contributed by atoms with Gasteiger partial charge in [-0.1, -0.05) is 61.8 Å². The molecule has 0 N–H and O–H groups in total. The van der Waals surface area contributed by atoms with Gasteiger partial charge in [0, 0.05) is 0 Å². The van der Waals surface area contributed by atoms with Crippen LogP contribution in [0.15, 0.2) is 0 Å². The van der Waals surface area contributed by atoms with Crippen LogP contribution in [0.1, 0.15) is 61.8 Å². The summed E-state index contributed by atoms with van der Waals surface area (Å²) < 4.78 is 0. The maximum absolute atomic E-state index is 2.30. The van der Waals surface area contributed by atoms with Gasteiger partial charge in [0.25, 0.3) is 0 Å². The predicted molar refractivity (Wildman–Crippen MR) is 57.0 cm³/mol. The molecule has 0 aromatic rings. The monoisotopic (exact) mass is 160 g/mol. The van der Waals surface area contributed by atoms with Gasteiger partial charge >= 0.3 is 0 Å². The van der Waals surface area contributed by atoms with Gasteiger partial charge in [0.2, 0.25) is 0 Å². The molecular formula is C11H28. The third kappa shape index (κ3) is 17.8. The zero-order valence-electron chi connectivity index (χ0n) is 9.86. The smallest absolute Gasteiger partial charge is 0.0422 e. The lowest BCUT2D eigenvalue weighted by molar-refractivity contribution is 0.407. The molecule has 0 saturated heterocycles. The lowest BCUT2D eigenvalue weighted by atomic mass is 9.96. The van der Waals surface area contributed by atoms with Gasteiger partial charge in [-0.3, -0.25) is 0 Å². The lowest BCUT2D eigenvalue weighted by Crippen LogP contribution is -2.00. The molecule has 0 spiro atoms. The summed E-state index contributed by atoms with van der Waals surface area (Å²) >= 11 is 0. The Hall–Kier alpha value is 0.